The van der Waals surface area contributed by atoms with E-state index in [1.165, 1.54) is 12.4 Å². The van der Waals surface area contributed by atoms with Crippen molar-refractivity contribution in [3.8, 4) is 5.69 Å². The number of hydrogen-bond acceptors (Lipinski definition) is 4. The average molecular weight is 448 g/mol. The molecular weight excluding hydrogens is 434 g/mol. The van der Waals surface area contributed by atoms with Crippen LogP contribution in [0.1, 0.15) is 18.5 Å². The molecule has 4 rings (SSSR count). The number of nitrogens with two attached hydrogens (primary N) is 1. The van der Waals surface area contributed by atoms with Gasteiger partial charge in [-0.2, -0.15) is 5.10 Å². The molecule has 126 valence electrons. The number of nitrogen functional groups attached to an aromatic ring is 1. The van der Waals surface area contributed by atoms with E-state index >= 15 is 0 Å². The molecular formula is C17H14FIN6. The molecule has 1 aromatic carbocycles. The van der Waals surface area contributed by atoms with Crippen LogP contribution in [0.25, 0.3) is 16.7 Å². The highest BCUT2D eigenvalue weighted by molar-refractivity contribution is 14.1. The van der Waals surface area contributed by atoms with Crippen LogP contribution < -0.4 is 5.73 Å². The molecule has 0 fully saturated rings. The maximum Gasteiger partial charge on any atom is 0.148 e. The lowest BCUT2D eigenvalue weighted by atomic mass is 10.2. The highest BCUT2D eigenvalue weighted by atomic mass is 127. The molecule has 1 unspecified atom stereocenters. The van der Waals surface area contributed by atoms with E-state index in [1.807, 2.05) is 23.9 Å². The van der Waals surface area contributed by atoms with E-state index in [9.17, 15) is 4.39 Å². The van der Waals surface area contributed by atoms with Crippen LogP contribution in [0.5, 0.6) is 0 Å². The summed E-state index contributed by atoms with van der Waals surface area (Å²) in [5.74, 6) is 0.147. The maximum absolute atomic E-state index is 14.0. The van der Waals surface area contributed by atoms with E-state index in [0.717, 1.165) is 20.2 Å². The Hall–Kier alpha value is -2.49. The average Bonchev–Trinajstić information content (AvgIpc) is 3.21. The van der Waals surface area contributed by atoms with Crippen LogP contribution in [0.15, 0.2) is 49.2 Å². The van der Waals surface area contributed by atoms with Crippen molar-refractivity contribution in [2.45, 2.75) is 13.0 Å². The van der Waals surface area contributed by atoms with Crippen LogP contribution in [0.4, 0.5) is 10.2 Å². The SMILES string of the molecule is CC(c1cnn(-c2ccccc2F)c1)n1cc(I)c2c(N)ncnc21. The number of anilines is 1. The zero-order valence-electron chi connectivity index (χ0n) is 13.3. The van der Waals surface area contributed by atoms with E-state index in [4.69, 9.17) is 5.73 Å². The lowest BCUT2D eigenvalue weighted by Gasteiger charge is -2.12. The van der Waals surface area contributed by atoms with Crippen molar-refractivity contribution in [3.05, 3.63) is 64.1 Å². The van der Waals surface area contributed by atoms with E-state index in [2.05, 4.69) is 37.7 Å². The van der Waals surface area contributed by atoms with Crippen LogP contribution >= 0.6 is 22.6 Å². The molecule has 0 bridgehead atoms. The Labute approximate surface area is 156 Å². The van der Waals surface area contributed by atoms with Gasteiger partial charge in [-0.25, -0.2) is 19.0 Å². The lowest BCUT2D eigenvalue weighted by Crippen LogP contribution is -2.06. The summed E-state index contributed by atoms with van der Waals surface area (Å²) in [6, 6.07) is 6.51. The van der Waals surface area contributed by atoms with E-state index in [1.54, 1.807) is 29.1 Å². The fourth-order valence-electron chi connectivity index (χ4n) is 2.84. The van der Waals surface area contributed by atoms with Crippen molar-refractivity contribution in [2.75, 3.05) is 5.73 Å². The molecule has 0 aliphatic rings. The van der Waals surface area contributed by atoms with Crippen molar-refractivity contribution >= 4 is 39.4 Å². The van der Waals surface area contributed by atoms with E-state index in [-0.39, 0.29) is 11.9 Å². The van der Waals surface area contributed by atoms with Crippen molar-refractivity contribution in [3.63, 3.8) is 0 Å². The van der Waals surface area contributed by atoms with Gasteiger partial charge in [0.1, 0.15) is 29.3 Å². The minimum Gasteiger partial charge on any atom is -0.383 e. The predicted molar refractivity (Wildman–Crippen MR) is 102 cm³/mol. The van der Waals surface area contributed by atoms with Crippen molar-refractivity contribution in [1.82, 2.24) is 24.3 Å². The summed E-state index contributed by atoms with van der Waals surface area (Å²) >= 11 is 2.22. The molecule has 0 saturated heterocycles. The minimum absolute atomic E-state index is 0.0409. The van der Waals surface area contributed by atoms with Gasteiger partial charge in [0.05, 0.1) is 17.6 Å². The number of halogens is 2. The number of nitrogens with zero attached hydrogens (tertiary/aromatic N) is 5. The zero-order chi connectivity index (χ0) is 17.6. The van der Waals surface area contributed by atoms with Crippen LogP contribution in [0, 0.1) is 9.39 Å². The standard InChI is InChI=1S/C17H14FIN6/c1-10(24-8-13(19)15-16(20)21-9-22-17(15)24)11-6-23-25(7-11)14-5-3-2-4-12(14)18/h2-10H,1H3,(H2,20,21,22). The van der Waals surface area contributed by atoms with Crippen molar-refractivity contribution in [1.29, 1.82) is 0 Å². The zero-order valence-corrected chi connectivity index (χ0v) is 15.4. The molecule has 3 aromatic heterocycles. The molecule has 3 heterocycles. The summed E-state index contributed by atoms with van der Waals surface area (Å²) in [7, 11) is 0. The number of rotatable bonds is 3. The maximum atomic E-state index is 14.0. The molecule has 0 aliphatic carbocycles. The normalized spacial score (nSPS) is 12.6. The Morgan fingerprint density at radius 2 is 2.00 bits per heavy atom. The fourth-order valence-corrected chi connectivity index (χ4v) is 3.66. The molecule has 4 aromatic rings. The van der Waals surface area contributed by atoms with Crippen LogP contribution in [0.2, 0.25) is 0 Å². The molecule has 2 N–H and O–H groups in total. The largest absolute Gasteiger partial charge is 0.383 e. The first kappa shape index (κ1) is 16.0. The fraction of sp³-hybridized carbons (Fsp3) is 0.118. The molecule has 0 radical (unpaired) electrons. The highest BCUT2D eigenvalue weighted by Gasteiger charge is 2.18. The van der Waals surface area contributed by atoms with E-state index in [0.29, 0.717) is 11.5 Å². The van der Waals surface area contributed by atoms with Crippen LogP contribution in [-0.4, -0.2) is 24.3 Å². The third-order valence-electron chi connectivity index (χ3n) is 4.19. The van der Waals surface area contributed by atoms with Gasteiger partial charge in [-0.15, -0.1) is 0 Å². The second-order valence-electron chi connectivity index (χ2n) is 5.69. The van der Waals surface area contributed by atoms with Crippen LogP contribution in [-0.2, 0) is 0 Å². The number of benzene rings is 1. The second kappa shape index (κ2) is 6.10. The predicted octanol–water partition coefficient (Wildman–Crippen LogP) is 3.55. The van der Waals surface area contributed by atoms with Crippen LogP contribution in [0.3, 0.4) is 0 Å². The van der Waals surface area contributed by atoms with Gasteiger partial charge in [-0.05, 0) is 41.6 Å². The Balaban J connectivity index is 1.77. The molecule has 0 spiro atoms. The number of aromatic nitrogens is 5. The van der Waals surface area contributed by atoms with Gasteiger partial charge in [0.15, 0.2) is 0 Å². The quantitative estimate of drug-likeness (QED) is 0.487. The summed E-state index contributed by atoms with van der Waals surface area (Å²) < 4.78 is 18.5. The molecule has 25 heavy (non-hydrogen) atoms. The summed E-state index contributed by atoms with van der Waals surface area (Å²) in [6.07, 6.45) is 7.01. The van der Waals surface area contributed by atoms with Gasteiger partial charge in [0.2, 0.25) is 0 Å². The number of fused-ring (bicyclic) bond motifs is 1. The third-order valence-corrected chi connectivity index (χ3v) is 5.01. The Bertz CT molecular complexity index is 1070. The van der Waals surface area contributed by atoms with Gasteiger partial charge in [-0.1, -0.05) is 12.1 Å². The summed E-state index contributed by atoms with van der Waals surface area (Å²) in [6.45, 7) is 2.04. The van der Waals surface area contributed by atoms with Gasteiger partial charge >= 0.3 is 0 Å². The number of hydrogen-bond donors (Lipinski definition) is 1. The lowest BCUT2D eigenvalue weighted by molar-refractivity contribution is 0.610. The highest BCUT2D eigenvalue weighted by Crippen LogP contribution is 2.30. The molecule has 0 aliphatic heterocycles. The Morgan fingerprint density at radius 3 is 2.80 bits per heavy atom. The van der Waals surface area contributed by atoms with Gasteiger partial charge in [-0.3, -0.25) is 0 Å². The Kier molecular flexibility index (Phi) is 3.91. The second-order valence-corrected chi connectivity index (χ2v) is 6.85. The Morgan fingerprint density at radius 1 is 1.20 bits per heavy atom. The molecule has 8 heteroatoms. The minimum atomic E-state index is -0.314. The van der Waals surface area contributed by atoms with Crippen molar-refractivity contribution < 1.29 is 4.39 Å². The molecule has 1 atom stereocenters. The summed E-state index contributed by atoms with van der Waals surface area (Å²) in [4.78, 5) is 8.43. The topological polar surface area (TPSA) is 74.5 Å². The van der Waals surface area contributed by atoms with Gasteiger partial charge in [0.25, 0.3) is 0 Å². The van der Waals surface area contributed by atoms with Gasteiger partial charge in [0, 0.05) is 21.5 Å². The monoisotopic (exact) mass is 448 g/mol. The first-order valence-electron chi connectivity index (χ1n) is 7.62. The summed E-state index contributed by atoms with van der Waals surface area (Å²) in [5, 5.41) is 5.15. The summed E-state index contributed by atoms with van der Waals surface area (Å²) in [5.41, 5.74) is 8.10. The van der Waals surface area contributed by atoms with Crippen molar-refractivity contribution in [2.24, 2.45) is 0 Å². The van der Waals surface area contributed by atoms with E-state index < -0.39 is 0 Å². The first-order chi connectivity index (χ1) is 12.1. The third kappa shape index (κ3) is 2.66. The molecule has 0 saturated carbocycles. The molecule has 6 nitrogen and oxygen atoms in total. The van der Waals surface area contributed by atoms with Gasteiger partial charge < -0.3 is 10.3 Å². The first-order valence-corrected chi connectivity index (χ1v) is 8.70. The smallest absolute Gasteiger partial charge is 0.148 e. The molecule has 0 amide bonds. The number of para-hydroxylation sites is 1.